The molecule has 1 saturated heterocycles. The second-order valence-electron chi connectivity index (χ2n) is 6.23. The summed E-state index contributed by atoms with van der Waals surface area (Å²) in [7, 11) is 3.11. The quantitative estimate of drug-likeness (QED) is 0.830. The lowest BCUT2D eigenvalue weighted by atomic mass is 10.0. The van der Waals surface area contributed by atoms with Crippen LogP contribution < -0.4 is 25.0 Å². The number of rotatable bonds is 5. The lowest BCUT2D eigenvalue weighted by Gasteiger charge is -2.29. The molecule has 3 rings (SSSR count). The maximum atomic E-state index is 12.2. The van der Waals surface area contributed by atoms with Crippen LogP contribution in [0, 0.1) is 5.92 Å². The third-order valence-corrected chi connectivity index (χ3v) is 5.10. The monoisotopic (exact) mass is 377 g/mol. The van der Waals surface area contributed by atoms with Crippen molar-refractivity contribution >= 4 is 33.3 Å². The van der Waals surface area contributed by atoms with Gasteiger partial charge in [-0.25, -0.2) is 4.79 Å². The summed E-state index contributed by atoms with van der Waals surface area (Å²) >= 11 is 1.38. The van der Waals surface area contributed by atoms with E-state index in [0.717, 1.165) is 24.6 Å². The molecule has 2 aromatic rings. The van der Waals surface area contributed by atoms with Crippen molar-refractivity contribution in [3.63, 3.8) is 0 Å². The number of methoxy groups -OCH3 is 2. The van der Waals surface area contributed by atoms with Crippen LogP contribution >= 0.6 is 11.3 Å². The summed E-state index contributed by atoms with van der Waals surface area (Å²) in [6.45, 7) is 4.20. The standard InChI is InChI=1S/C17H23N5O3S/c1-11-5-4-8-22(10-11)17-21-20-16(26-17)19-15(23)18-12-6-7-13(24-2)14(9-12)25-3/h6-7,9,11H,4-5,8,10H2,1-3H3,(H2,18,19,20,23)/t11-/m1/s1. The zero-order valence-corrected chi connectivity index (χ0v) is 15.9. The van der Waals surface area contributed by atoms with E-state index in [1.165, 1.54) is 17.8 Å². The van der Waals surface area contributed by atoms with E-state index < -0.39 is 0 Å². The summed E-state index contributed by atoms with van der Waals surface area (Å²) in [5, 5.41) is 15.1. The second-order valence-corrected chi connectivity index (χ2v) is 7.19. The first-order valence-electron chi connectivity index (χ1n) is 8.47. The van der Waals surface area contributed by atoms with E-state index in [9.17, 15) is 4.79 Å². The molecule has 9 heteroatoms. The van der Waals surface area contributed by atoms with Gasteiger partial charge in [-0.1, -0.05) is 18.3 Å². The molecule has 1 aromatic heterocycles. The van der Waals surface area contributed by atoms with E-state index in [2.05, 4.69) is 32.7 Å². The maximum absolute atomic E-state index is 12.2. The number of anilines is 3. The van der Waals surface area contributed by atoms with E-state index in [-0.39, 0.29) is 6.03 Å². The van der Waals surface area contributed by atoms with Crippen molar-refractivity contribution in [3.8, 4) is 11.5 Å². The topological polar surface area (TPSA) is 88.6 Å². The molecule has 140 valence electrons. The Morgan fingerprint density at radius 2 is 2.04 bits per heavy atom. The number of piperidine rings is 1. The molecule has 1 aromatic carbocycles. The fourth-order valence-electron chi connectivity index (χ4n) is 2.93. The van der Waals surface area contributed by atoms with E-state index in [0.29, 0.717) is 28.2 Å². The maximum Gasteiger partial charge on any atom is 0.325 e. The number of carbonyl (C=O) groups is 1. The van der Waals surface area contributed by atoms with Crippen LogP contribution in [-0.4, -0.2) is 43.5 Å². The average molecular weight is 377 g/mol. The van der Waals surface area contributed by atoms with Gasteiger partial charge in [0.1, 0.15) is 0 Å². The molecule has 1 aliphatic rings. The summed E-state index contributed by atoms with van der Waals surface area (Å²) < 4.78 is 10.4. The predicted molar refractivity (Wildman–Crippen MR) is 103 cm³/mol. The number of urea groups is 1. The van der Waals surface area contributed by atoms with Crippen LogP contribution in [-0.2, 0) is 0 Å². The first kappa shape index (κ1) is 18.2. The molecule has 8 nitrogen and oxygen atoms in total. The van der Waals surface area contributed by atoms with Crippen LogP contribution in [0.25, 0.3) is 0 Å². The lowest BCUT2D eigenvalue weighted by molar-refractivity contribution is 0.262. The van der Waals surface area contributed by atoms with Gasteiger partial charge in [-0.2, -0.15) is 0 Å². The van der Waals surface area contributed by atoms with Gasteiger partial charge in [-0.15, -0.1) is 10.2 Å². The van der Waals surface area contributed by atoms with Crippen molar-refractivity contribution in [2.45, 2.75) is 19.8 Å². The summed E-state index contributed by atoms with van der Waals surface area (Å²) in [5.41, 5.74) is 0.592. The second kappa shape index (κ2) is 8.22. The molecular formula is C17H23N5O3S. The molecule has 0 unspecified atom stereocenters. The molecule has 2 N–H and O–H groups in total. The van der Waals surface area contributed by atoms with Gasteiger partial charge < -0.3 is 19.7 Å². The first-order chi connectivity index (χ1) is 12.6. The molecule has 1 fully saturated rings. The number of ether oxygens (including phenoxy) is 2. The van der Waals surface area contributed by atoms with Gasteiger partial charge in [0, 0.05) is 24.8 Å². The van der Waals surface area contributed by atoms with Gasteiger partial charge in [0.05, 0.1) is 14.2 Å². The third kappa shape index (κ3) is 4.34. The number of amides is 2. The number of carbonyl (C=O) groups excluding carboxylic acids is 1. The van der Waals surface area contributed by atoms with Gasteiger partial charge >= 0.3 is 6.03 Å². The van der Waals surface area contributed by atoms with Crippen LogP contribution in [0.2, 0.25) is 0 Å². The largest absolute Gasteiger partial charge is 0.493 e. The molecular weight excluding hydrogens is 354 g/mol. The van der Waals surface area contributed by atoms with Gasteiger partial charge in [-0.3, -0.25) is 5.32 Å². The Kier molecular flexibility index (Phi) is 5.77. The van der Waals surface area contributed by atoms with Crippen LogP contribution in [0.1, 0.15) is 19.8 Å². The van der Waals surface area contributed by atoms with Crippen LogP contribution in [0.5, 0.6) is 11.5 Å². The molecule has 26 heavy (non-hydrogen) atoms. The predicted octanol–water partition coefficient (Wildman–Crippen LogP) is 3.44. The summed E-state index contributed by atoms with van der Waals surface area (Å²) in [5.74, 6) is 1.79. The molecule has 0 radical (unpaired) electrons. The van der Waals surface area contributed by atoms with Crippen LogP contribution in [0.4, 0.5) is 20.7 Å². The number of aromatic nitrogens is 2. The molecule has 2 amide bonds. The van der Waals surface area contributed by atoms with Crippen molar-refractivity contribution in [1.29, 1.82) is 0 Å². The number of nitrogens with zero attached hydrogens (tertiary/aromatic N) is 3. The molecule has 1 aliphatic heterocycles. The Morgan fingerprint density at radius 1 is 1.23 bits per heavy atom. The van der Waals surface area contributed by atoms with Crippen molar-refractivity contribution in [1.82, 2.24) is 10.2 Å². The normalized spacial score (nSPS) is 16.9. The van der Waals surface area contributed by atoms with Crippen molar-refractivity contribution in [2.75, 3.05) is 42.8 Å². The highest BCUT2D eigenvalue weighted by atomic mass is 32.1. The zero-order valence-electron chi connectivity index (χ0n) is 15.1. The summed E-state index contributed by atoms with van der Waals surface area (Å²) in [6.07, 6.45) is 2.40. The highest BCUT2D eigenvalue weighted by Crippen LogP contribution is 2.30. The van der Waals surface area contributed by atoms with Crippen molar-refractivity contribution < 1.29 is 14.3 Å². The van der Waals surface area contributed by atoms with E-state index in [1.54, 1.807) is 32.4 Å². The fraction of sp³-hybridized carbons (Fsp3) is 0.471. The van der Waals surface area contributed by atoms with E-state index in [4.69, 9.17) is 9.47 Å². The first-order valence-corrected chi connectivity index (χ1v) is 9.29. The molecule has 0 saturated carbocycles. The van der Waals surface area contributed by atoms with Gasteiger partial charge in [0.25, 0.3) is 0 Å². The summed E-state index contributed by atoms with van der Waals surface area (Å²) in [6, 6.07) is 4.78. The van der Waals surface area contributed by atoms with E-state index in [1.807, 2.05) is 0 Å². The average Bonchev–Trinajstić information content (AvgIpc) is 3.10. The molecule has 0 bridgehead atoms. The van der Waals surface area contributed by atoms with Gasteiger partial charge in [0.15, 0.2) is 11.5 Å². The Bertz CT molecular complexity index is 767. The Hall–Kier alpha value is -2.55. The number of nitrogens with one attached hydrogen (secondary N) is 2. The molecule has 2 heterocycles. The summed E-state index contributed by atoms with van der Waals surface area (Å²) in [4.78, 5) is 14.4. The zero-order chi connectivity index (χ0) is 18.5. The van der Waals surface area contributed by atoms with Crippen molar-refractivity contribution in [2.24, 2.45) is 5.92 Å². The highest BCUT2D eigenvalue weighted by molar-refractivity contribution is 7.19. The fourth-order valence-corrected chi connectivity index (χ4v) is 3.71. The minimum Gasteiger partial charge on any atom is -0.493 e. The Morgan fingerprint density at radius 3 is 2.77 bits per heavy atom. The SMILES string of the molecule is COc1ccc(NC(=O)Nc2nnc(N3CCC[C@@H](C)C3)s2)cc1OC. The minimum atomic E-state index is -0.382. The number of hydrogen-bond acceptors (Lipinski definition) is 7. The number of hydrogen-bond donors (Lipinski definition) is 2. The molecule has 0 aliphatic carbocycles. The van der Waals surface area contributed by atoms with E-state index >= 15 is 0 Å². The molecule has 1 atom stereocenters. The van der Waals surface area contributed by atoms with Gasteiger partial charge in [-0.05, 0) is 30.9 Å². The van der Waals surface area contributed by atoms with Crippen molar-refractivity contribution in [3.05, 3.63) is 18.2 Å². The Balaban J connectivity index is 1.60. The number of benzene rings is 1. The smallest absolute Gasteiger partial charge is 0.325 e. The third-order valence-electron chi connectivity index (χ3n) is 4.20. The van der Waals surface area contributed by atoms with Crippen LogP contribution in [0.15, 0.2) is 18.2 Å². The Labute approximate surface area is 156 Å². The molecule has 0 spiro atoms. The van der Waals surface area contributed by atoms with Gasteiger partial charge in [0.2, 0.25) is 10.3 Å². The minimum absolute atomic E-state index is 0.382. The highest BCUT2D eigenvalue weighted by Gasteiger charge is 2.20. The van der Waals surface area contributed by atoms with Crippen LogP contribution in [0.3, 0.4) is 0 Å². The lowest BCUT2D eigenvalue weighted by Crippen LogP contribution is -2.34.